The minimum Gasteiger partial charge on any atom is -0.491 e. The molecule has 1 amide bonds. The van der Waals surface area contributed by atoms with Crippen molar-refractivity contribution >= 4 is 27.3 Å². The maximum atomic E-state index is 14.1. The van der Waals surface area contributed by atoms with Crippen LogP contribution in [0.3, 0.4) is 0 Å². The molecule has 1 N–H and O–H groups in total. The largest absolute Gasteiger partial charge is 0.491 e. The molecule has 3 aromatic carbocycles. The molecule has 0 unspecified atom stereocenters. The number of hydrogen-bond acceptors (Lipinski definition) is 4. The fourth-order valence-corrected chi connectivity index (χ4v) is 4.16. The first-order valence-corrected chi connectivity index (χ1v) is 11.0. The van der Waals surface area contributed by atoms with Gasteiger partial charge < -0.3 is 10.1 Å². The SMILES string of the molecule is CC(C)Oc1cccc(NC(=O)c2cccc(S(=O)(=O)N(C)c3ccccc3F)c2)c1. The first-order chi connectivity index (χ1) is 14.7. The molecule has 0 aliphatic heterocycles. The van der Waals surface area contributed by atoms with Crippen molar-refractivity contribution in [2.45, 2.75) is 24.8 Å². The summed E-state index contributed by atoms with van der Waals surface area (Å²) in [5, 5.41) is 2.73. The number of carbonyl (C=O) groups is 1. The molecule has 0 atom stereocenters. The minimum absolute atomic E-state index is 0.0146. The second kappa shape index (κ2) is 9.18. The summed E-state index contributed by atoms with van der Waals surface area (Å²) >= 11 is 0. The standard InChI is InChI=1S/C23H23FN2O4S/c1-16(2)30-19-10-7-9-18(15-19)25-23(27)17-8-6-11-20(14-17)31(28,29)26(3)22-13-5-4-12-21(22)24/h4-16H,1-3H3,(H,25,27). The Kier molecular flexibility index (Phi) is 6.60. The zero-order chi connectivity index (χ0) is 22.6. The van der Waals surface area contributed by atoms with E-state index in [4.69, 9.17) is 4.74 Å². The van der Waals surface area contributed by atoms with Crippen LogP contribution in [-0.2, 0) is 10.0 Å². The molecule has 162 valence electrons. The Morgan fingerprint density at radius 1 is 1.00 bits per heavy atom. The lowest BCUT2D eigenvalue weighted by atomic mass is 10.2. The summed E-state index contributed by atoms with van der Waals surface area (Å²) in [5.74, 6) is -0.533. The van der Waals surface area contributed by atoms with Crippen LogP contribution in [0.4, 0.5) is 15.8 Å². The molecule has 0 bridgehead atoms. The van der Waals surface area contributed by atoms with Crippen molar-refractivity contribution in [3.63, 3.8) is 0 Å². The molecule has 0 spiro atoms. The molecule has 0 saturated heterocycles. The zero-order valence-corrected chi connectivity index (χ0v) is 18.2. The number of sulfonamides is 1. The van der Waals surface area contributed by atoms with E-state index in [-0.39, 0.29) is 22.3 Å². The van der Waals surface area contributed by atoms with Gasteiger partial charge in [-0.15, -0.1) is 0 Å². The molecule has 3 aromatic rings. The summed E-state index contributed by atoms with van der Waals surface area (Å²) in [5.41, 5.74) is 0.581. The summed E-state index contributed by atoms with van der Waals surface area (Å²) in [6, 6.07) is 18.1. The van der Waals surface area contributed by atoms with E-state index >= 15 is 0 Å². The predicted octanol–water partition coefficient (Wildman–Crippen LogP) is 4.69. The maximum absolute atomic E-state index is 14.1. The van der Waals surface area contributed by atoms with E-state index < -0.39 is 21.7 Å². The first kappa shape index (κ1) is 22.3. The van der Waals surface area contributed by atoms with E-state index in [0.29, 0.717) is 11.4 Å². The highest BCUT2D eigenvalue weighted by atomic mass is 32.2. The molecular formula is C23H23FN2O4S. The van der Waals surface area contributed by atoms with Crippen LogP contribution in [0.1, 0.15) is 24.2 Å². The molecule has 0 radical (unpaired) electrons. The summed E-state index contributed by atoms with van der Waals surface area (Å²) < 4.78 is 46.5. The third kappa shape index (κ3) is 5.21. The number of anilines is 2. The Morgan fingerprint density at radius 3 is 2.42 bits per heavy atom. The molecule has 0 fully saturated rings. The van der Waals surface area contributed by atoms with Crippen molar-refractivity contribution in [3.8, 4) is 5.75 Å². The van der Waals surface area contributed by atoms with Gasteiger partial charge in [0.1, 0.15) is 11.6 Å². The van der Waals surface area contributed by atoms with Crippen LogP contribution in [-0.4, -0.2) is 27.5 Å². The van der Waals surface area contributed by atoms with Gasteiger partial charge in [-0.1, -0.05) is 24.3 Å². The van der Waals surface area contributed by atoms with Gasteiger partial charge in [0.25, 0.3) is 15.9 Å². The molecule has 8 heteroatoms. The van der Waals surface area contributed by atoms with Crippen LogP contribution in [0, 0.1) is 5.82 Å². The van der Waals surface area contributed by atoms with Crippen LogP contribution >= 0.6 is 0 Å². The molecule has 3 rings (SSSR count). The van der Waals surface area contributed by atoms with Gasteiger partial charge in [0.15, 0.2) is 0 Å². The molecular weight excluding hydrogens is 419 g/mol. The summed E-state index contributed by atoms with van der Waals surface area (Å²) in [4.78, 5) is 12.6. The van der Waals surface area contributed by atoms with Crippen LogP contribution in [0.5, 0.6) is 5.75 Å². The van der Waals surface area contributed by atoms with Crippen molar-refractivity contribution in [2.24, 2.45) is 0 Å². The molecule has 0 aliphatic carbocycles. The fourth-order valence-electron chi connectivity index (χ4n) is 2.92. The number of nitrogens with one attached hydrogen (secondary N) is 1. The molecule has 0 saturated carbocycles. The van der Waals surface area contributed by atoms with Crippen molar-refractivity contribution in [1.82, 2.24) is 0 Å². The summed E-state index contributed by atoms with van der Waals surface area (Å²) in [6.07, 6.45) is -0.0146. The van der Waals surface area contributed by atoms with Crippen molar-refractivity contribution in [1.29, 1.82) is 0 Å². The van der Waals surface area contributed by atoms with E-state index in [1.807, 2.05) is 13.8 Å². The Labute approximate surface area is 181 Å². The van der Waals surface area contributed by atoms with E-state index in [1.165, 1.54) is 49.5 Å². The van der Waals surface area contributed by atoms with Gasteiger partial charge in [0.05, 0.1) is 16.7 Å². The lowest BCUT2D eigenvalue weighted by Gasteiger charge is -2.20. The number of benzene rings is 3. The van der Waals surface area contributed by atoms with Crippen LogP contribution in [0.15, 0.2) is 77.7 Å². The summed E-state index contributed by atoms with van der Waals surface area (Å²) in [6.45, 7) is 3.80. The Bertz CT molecular complexity index is 1200. The van der Waals surface area contributed by atoms with Crippen LogP contribution < -0.4 is 14.4 Å². The van der Waals surface area contributed by atoms with Gasteiger partial charge in [0, 0.05) is 24.4 Å². The van der Waals surface area contributed by atoms with Gasteiger partial charge in [-0.2, -0.15) is 0 Å². The molecule has 31 heavy (non-hydrogen) atoms. The molecule has 6 nitrogen and oxygen atoms in total. The zero-order valence-electron chi connectivity index (χ0n) is 17.4. The van der Waals surface area contributed by atoms with E-state index in [0.717, 1.165) is 4.31 Å². The van der Waals surface area contributed by atoms with Gasteiger partial charge >= 0.3 is 0 Å². The number of ether oxygens (including phenoxy) is 1. The molecule has 0 heterocycles. The average molecular weight is 443 g/mol. The third-order valence-corrected chi connectivity index (χ3v) is 6.18. The number of amides is 1. The monoisotopic (exact) mass is 442 g/mol. The number of nitrogens with zero attached hydrogens (tertiary/aromatic N) is 1. The second-order valence-electron chi connectivity index (χ2n) is 7.10. The van der Waals surface area contributed by atoms with Gasteiger partial charge in [-0.3, -0.25) is 9.10 Å². The second-order valence-corrected chi connectivity index (χ2v) is 9.07. The normalized spacial score (nSPS) is 11.3. The number of carbonyl (C=O) groups excluding carboxylic acids is 1. The number of rotatable bonds is 7. The van der Waals surface area contributed by atoms with Crippen molar-refractivity contribution in [2.75, 3.05) is 16.7 Å². The third-order valence-electron chi connectivity index (χ3n) is 4.41. The number of hydrogen-bond donors (Lipinski definition) is 1. The van der Waals surface area contributed by atoms with Gasteiger partial charge in [-0.05, 0) is 56.3 Å². The quantitative estimate of drug-likeness (QED) is 0.576. The minimum atomic E-state index is -4.07. The fraction of sp³-hybridized carbons (Fsp3) is 0.174. The highest BCUT2D eigenvalue weighted by Gasteiger charge is 2.24. The number of para-hydroxylation sites is 1. The van der Waals surface area contributed by atoms with Gasteiger partial charge in [-0.25, -0.2) is 12.8 Å². The predicted molar refractivity (Wildman–Crippen MR) is 119 cm³/mol. The summed E-state index contributed by atoms with van der Waals surface area (Å²) in [7, 11) is -2.81. The highest BCUT2D eigenvalue weighted by Crippen LogP contribution is 2.25. The lowest BCUT2D eigenvalue weighted by Crippen LogP contribution is -2.27. The lowest BCUT2D eigenvalue weighted by molar-refractivity contribution is 0.102. The maximum Gasteiger partial charge on any atom is 0.264 e. The van der Waals surface area contributed by atoms with E-state index in [1.54, 1.807) is 30.3 Å². The highest BCUT2D eigenvalue weighted by molar-refractivity contribution is 7.92. The van der Waals surface area contributed by atoms with Gasteiger partial charge in [0.2, 0.25) is 0 Å². The molecule has 0 aliphatic rings. The number of halogens is 1. The average Bonchev–Trinajstić information content (AvgIpc) is 2.73. The van der Waals surface area contributed by atoms with E-state index in [2.05, 4.69) is 5.32 Å². The van der Waals surface area contributed by atoms with Crippen LogP contribution in [0.2, 0.25) is 0 Å². The van der Waals surface area contributed by atoms with Crippen LogP contribution in [0.25, 0.3) is 0 Å². The Balaban J connectivity index is 1.84. The smallest absolute Gasteiger partial charge is 0.264 e. The Hall–Kier alpha value is -3.39. The van der Waals surface area contributed by atoms with Crippen molar-refractivity contribution < 1.29 is 22.3 Å². The van der Waals surface area contributed by atoms with E-state index in [9.17, 15) is 17.6 Å². The first-order valence-electron chi connectivity index (χ1n) is 9.60. The topological polar surface area (TPSA) is 75.7 Å². The van der Waals surface area contributed by atoms with Crippen molar-refractivity contribution in [3.05, 3.63) is 84.2 Å². The Morgan fingerprint density at radius 2 is 1.71 bits per heavy atom. The molecule has 0 aromatic heterocycles.